The van der Waals surface area contributed by atoms with Crippen molar-refractivity contribution >= 4 is 11.6 Å². The molecule has 0 spiro atoms. The lowest BCUT2D eigenvalue weighted by atomic mass is 10.0. The maximum Gasteiger partial charge on any atom is 0.129 e. The van der Waals surface area contributed by atoms with Gasteiger partial charge in [0.1, 0.15) is 11.6 Å². The average Bonchev–Trinajstić information content (AvgIpc) is 2.37. The molecule has 0 aliphatic rings. The van der Waals surface area contributed by atoms with Crippen LogP contribution in [0.25, 0.3) is 0 Å². The minimum atomic E-state index is -0.840. The number of hydrogen-bond acceptors (Lipinski definition) is 1. The van der Waals surface area contributed by atoms with Crippen molar-refractivity contribution in [3.05, 3.63) is 70.2 Å². The summed E-state index contributed by atoms with van der Waals surface area (Å²) in [5.74, 6) is -1.26. The molecule has 1 N–H and O–H groups in total. The third-order valence-corrected chi connectivity index (χ3v) is 3.14. The van der Waals surface area contributed by atoms with Gasteiger partial charge in [0.15, 0.2) is 0 Å². The lowest BCUT2D eigenvalue weighted by Gasteiger charge is -2.12. The van der Waals surface area contributed by atoms with Crippen LogP contribution in [0.4, 0.5) is 8.78 Å². The van der Waals surface area contributed by atoms with Crippen LogP contribution in [0, 0.1) is 11.6 Å². The molecule has 2 aromatic rings. The van der Waals surface area contributed by atoms with Crippen LogP contribution in [0.2, 0.25) is 5.02 Å². The van der Waals surface area contributed by atoms with E-state index in [1.165, 1.54) is 18.2 Å². The first kappa shape index (κ1) is 14.0. The first-order chi connectivity index (χ1) is 9.06. The van der Waals surface area contributed by atoms with Crippen molar-refractivity contribution in [1.82, 2.24) is 0 Å². The summed E-state index contributed by atoms with van der Waals surface area (Å²) in [6.45, 7) is 0. The van der Waals surface area contributed by atoms with Crippen LogP contribution >= 0.6 is 11.6 Å². The molecule has 19 heavy (non-hydrogen) atoms. The van der Waals surface area contributed by atoms with Crippen molar-refractivity contribution in [2.75, 3.05) is 0 Å². The average molecular weight is 283 g/mol. The highest BCUT2D eigenvalue weighted by Gasteiger charge is 2.14. The molecular weight excluding hydrogens is 270 g/mol. The quantitative estimate of drug-likeness (QED) is 0.905. The zero-order valence-electron chi connectivity index (χ0n) is 10.1. The Labute approximate surface area is 115 Å². The van der Waals surface area contributed by atoms with E-state index in [1.807, 2.05) is 0 Å². The molecule has 1 unspecified atom stereocenters. The standard InChI is InChI=1S/C15H13ClF2O/c16-11-6-4-10(5-7-11)8-12(19)9-13-14(17)2-1-3-15(13)18/h1-7,12,19H,8-9H2. The van der Waals surface area contributed by atoms with Gasteiger partial charge in [-0.1, -0.05) is 29.8 Å². The van der Waals surface area contributed by atoms with Crippen LogP contribution in [0.3, 0.4) is 0 Å². The largest absolute Gasteiger partial charge is 0.392 e. The van der Waals surface area contributed by atoms with Crippen LogP contribution < -0.4 is 0 Å². The van der Waals surface area contributed by atoms with E-state index in [2.05, 4.69) is 0 Å². The van der Waals surface area contributed by atoms with Crippen molar-refractivity contribution in [2.45, 2.75) is 18.9 Å². The van der Waals surface area contributed by atoms with Crippen LogP contribution in [0.1, 0.15) is 11.1 Å². The number of hydrogen-bond donors (Lipinski definition) is 1. The van der Waals surface area contributed by atoms with Gasteiger partial charge in [0, 0.05) is 17.0 Å². The van der Waals surface area contributed by atoms with E-state index in [4.69, 9.17) is 11.6 Å². The summed E-state index contributed by atoms with van der Waals surface area (Å²) in [7, 11) is 0. The second-order valence-corrected chi connectivity index (χ2v) is 4.83. The molecule has 0 fully saturated rings. The predicted molar refractivity (Wildman–Crippen MR) is 71.2 cm³/mol. The minimum absolute atomic E-state index is 0.0544. The van der Waals surface area contributed by atoms with Gasteiger partial charge in [-0.25, -0.2) is 8.78 Å². The summed E-state index contributed by atoms with van der Waals surface area (Å²) in [6, 6.07) is 10.7. The molecule has 0 saturated carbocycles. The summed E-state index contributed by atoms with van der Waals surface area (Å²) in [6.07, 6.45) is -0.570. The first-order valence-electron chi connectivity index (χ1n) is 5.91. The lowest BCUT2D eigenvalue weighted by Crippen LogP contribution is -2.16. The molecule has 100 valence electrons. The Kier molecular flexibility index (Phi) is 4.51. The molecular formula is C15H13ClF2O. The van der Waals surface area contributed by atoms with Crippen molar-refractivity contribution < 1.29 is 13.9 Å². The van der Waals surface area contributed by atoms with Gasteiger partial charge < -0.3 is 5.11 Å². The molecule has 4 heteroatoms. The van der Waals surface area contributed by atoms with E-state index in [0.29, 0.717) is 11.4 Å². The second-order valence-electron chi connectivity index (χ2n) is 4.39. The van der Waals surface area contributed by atoms with Crippen LogP contribution in [0.5, 0.6) is 0 Å². The fourth-order valence-corrected chi connectivity index (χ4v) is 2.05. The maximum absolute atomic E-state index is 13.4. The molecule has 0 heterocycles. The highest BCUT2D eigenvalue weighted by Crippen LogP contribution is 2.17. The minimum Gasteiger partial charge on any atom is -0.392 e. The molecule has 1 atom stereocenters. The normalized spacial score (nSPS) is 12.4. The SMILES string of the molecule is OC(Cc1ccc(Cl)cc1)Cc1c(F)cccc1F. The molecule has 0 aromatic heterocycles. The smallest absolute Gasteiger partial charge is 0.129 e. The van der Waals surface area contributed by atoms with Gasteiger partial charge in [-0.2, -0.15) is 0 Å². The summed E-state index contributed by atoms with van der Waals surface area (Å²) in [5, 5.41) is 10.5. The van der Waals surface area contributed by atoms with E-state index in [0.717, 1.165) is 5.56 Å². The van der Waals surface area contributed by atoms with Gasteiger partial charge >= 0.3 is 0 Å². The molecule has 0 aliphatic heterocycles. The monoisotopic (exact) mass is 282 g/mol. The molecule has 2 rings (SSSR count). The van der Waals surface area contributed by atoms with Crippen LogP contribution in [0.15, 0.2) is 42.5 Å². The molecule has 0 radical (unpaired) electrons. The molecule has 0 saturated heterocycles. The van der Waals surface area contributed by atoms with Gasteiger partial charge in [0.2, 0.25) is 0 Å². The number of aliphatic hydroxyl groups is 1. The number of halogens is 3. The third kappa shape index (κ3) is 3.75. The van der Waals surface area contributed by atoms with E-state index in [1.54, 1.807) is 24.3 Å². The fraction of sp³-hybridized carbons (Fsp3) is 0.200. The molecule has 0 amide bonds. The zero-order valence-corrected chi connectivity index (χ0v) is 10.9. The molecule has 1 nitrogen and oxygen atoms in total. The lowest BCUT2D eigenvalue weighted by molar-refractivity contribution is 0.172. The highest BCUT2D eigenvalue weighted by atomic mass is 35.5. The summed E-state index contributed by atoms with van der Waals surface area (Å²) in [5.41, 5.74) is 0.789. The number of rotatable bonds is 4. The van der Waals surface area contributed by atoms with Gasteiger partial charge in [-0.3, -0.25) is 0 Å². The van der Waals surface area contributed by atoms with Gasteiger partial charge in [0.05, 0.1) is 6.10 Å². The first-order valence-corrected chi connectivity index (χ1v) is 6.29. The Morgan fingerprint density at radius 2 is 1.53 bits per heavy atom. The predicted octanol–water partition coefficient (Wildman–Crippen LogP) is 3.76. The maximum atomic E-state index is 13.4. The van der Waals surface area contributed by atoms with Crippen molar-refractivity contribution in [1.29, 1.82) is 0 Å². The van der Waals surface area contributed by atoms with Crippen molar-refractivity contribution in [3.63, 3.8) is 0 Å². The number of aliphatic hydroxyl groups excluding tert-OH is 1. The zero-order chi connectivity index (χ0) is 13.8. The Morgan fingerprint density at radius 1 is 0.947 bits per heavy atom. The van der Waals surface area contributed by atoms with Crippen molar-refractivity contribution in [2.24, 2.45) is 0 Å². The topological polar surface area (TPSA) is 20.2 Å². The van der Waals surface area contributed by atoms with Crippen LogP contribution in [-0.4, -0.2) is 11.2 Å². The van der Waals surface area contributed by atoms with E-state index >= 15 is 0 Å². The summed E-state index contributed by atoms with van der Waals surface area (Å²) in [4.78, 5) is 0. The summed E-state index contributed by atoms with van der Waals surface area (Å²) >= 11 is 5.76. The second kappa shape index (κ2) is 6.13. The van der Waals surface area contributed by atoms with Crippen molar-refractivity contribution in [3.8, 4) is 0 Å². The Morgan fingerprint density at radius 3 is 2.11 bits per heavy atom. The Hall–Kier alpha value is -1.45. The molecule has 2 aromatic carbocycles. The number of benzene rings is 2. The summed E-state index contributed by atoms with van der Waals surface area (Å²) < 4.78 is 26.9. The van der Waals surface area contributed by atoms with E-state index in [-0.39, 0.29) is 12.0 Å². The molecule has 0 bridgehead atoms. The van der Waals surface area contributed by atoms with Crippen LogP contribution in [-0.2, 0) is 12.8 Å². The highest BCUT2D eigenvalue weighted by molar-refractivity contribution is 6.30. The third-order valence-electron chi connectivity index (χ3n) is 2.89. The van der Waals surface area contributed by atoms with E-state index < -0.39 is 17.7 Å². The van der Waals surface area contributed by atoms with Gasteiger partial charge in [-0.15, -0.1) is 0 Å². The van der Waals surface area contributed by atoms with Gasteiger partial charge in [-0.05, 0) is 36.2 Å². The van der Waals surface area contributed by atoms with Gasteiger partial charge in [0.25, 0.3) is 0 Å². The Balaban J connectivity index is 2.05. The Bertz CT molecular complexity index is 534. The van der Waals surface area contributed by atoms with E-state index in [9.17, 15) is 13.9 Å². The molecule has 0 aliphatic carbocycles. The fourth-order valence-electron chi connectivity index (χ4n) is 1.93.